The zero-order chi connectivity index (χ0) is 23.0. The Kier molecular flexibility index (Phi) is 8.85. The van der Waals surface area contributed by atoms with Crippen LogP contribution in [0, 0.1) is 17.2 Å². The van der Waals surface area contributed by atoms with Crippen molar-refractivity contribution in [3.05, 3.63) is 24.0 Å². The van der Waals surface area contributed by atoms with Crippen LogP contribution < -0.4 is 4.74 Å². The number of hydrogen-bond donors (Lipinski definition) is 0. The number of β-lactam (4-membered cyclic amide) rings is 1. The van der Waals surface area contributed by atoms with Crippen molar-refractivity contribution >= 4 is 5.91 Å². The Labute approximate surface area is 190 Å². The Hall–Kier alpha value is -2.21. The highest BCUT2D eigenvalue weighted by Crippen LogP contribution is 2.41. The Bertz CT molecular complexity index is 790. The van der Waals surface area contributed by atoms with Gasteiger partial charge in [-0.25, -0.2) is 0 Å². The average molecular weight is 446 g/mol. The first-order chi connectivity index (χ1) is 15.5. The van der Waals surface area contributed by atoms with Gasteiger partial charge < -0.3 is 23.8 Å². The number of carbonyl (C=O) groups is 1. The van der Waals surface area contributed by atoms with Crippen molar-refractivity contribution < 1.29 is 23.7 Å². The summed E-state index contributed by atoms with van der Waals surface area (Å²) in [4.78, 5) is 19.3. The van der Waals surface area contributed by atoms with Gasteiger partial charge in [0.1, 0.15) is 19.3 Å². The molecule has 1 aromatic heterocycles. The SMILES string of the molecule is COCOC1(Cc2cc(OC3CCCCCC3)ccn2)C(=O)N(COC)C1CC(C)C#N. The van der Waals surface area contributed by atoms with Crippen molar-refractivity contribution in [3.63, 3.8) is 0 Å². The van der Waals surface area contributed by atoms with Crippen molar-refractivity contribution in [2.45, 2.75) is 76.0 Å². The predicted molar refractivity (Wildman–Crippen MR) is 118 cm³/mol. The minimum absolute atomic E-state index is 0.0255. The summed E-state index contributed by atoms with van der Waals surface area (Å²) in [5.41, 5.74) is -0.430. The van der Waals surface area contributed by atoms with Gasteiger partial charge in [0.15, 0.2) is 5.60 Å². The third kappa shape index (κ3) is 5.58. The first kappa shape index (κ1) is 24.4. The van der Waals surface area contributed by atoms with Crippen LogP contribution in [0.3, 0.4) is 0 Å². The van der Waals surface area contributed by atoms with Crippen LogP contribution >= 0.6 is 0 Å². The minimum Gasteiger partial charge on any atom is -0.490 e. The van der Waals surface area contributed by atoms with Gasteiger partial charge in [-0.05, 0) is 45.1 Å². The quantitative estimate of drug-likeness (QED) is 0.292. The first-order valence-corrected chi connectivity index (χ1v) is 11.5. The fourth-order valence-electron chi connectivity index (χ4n) is 4.72. The summed E-state index contributed by atoms with van der Waals surface area (Å²) in [7, 11) is 3.07. The highest BCUT2D eigenvalue weighted by atomic mass is 16.7. The van der Waals surface area contributed by atoms with E-state index in [9.17, 15) is 10.1 Å². The zero-order valence-electron chi connectivity index (χ0n) is 19.4. The van der Waals surface area contributed by atoms with Crippen LogP contribution in [0.2, 0.25) is 0 Å². The van der Waals surface area contributed by atoms with Gasteiger partial charge in [-0.1, -0.05) is 12.8 Å². The lowest BCUT2D eigenvalue weighted by atomic mass is 9.75. The van der Waals surface area contributed by atoms with Gasteiger partial charge in [0.05, 0.1) is 18.2 Å². The Balaban J connectivity index is 1.81. The normalized spacial score (nSPS) is 25.0. The second-order valence-corrected chi connectivity index (χ2v) is 8.81. The summed E-state index contributed by atoms with van der Waals surface area (Å²) in [6.07, 6.45) is 9.75. The lowest BCUT2D eigenvalue weighted by molar-refractivity contribution is -0.234. The molecule has 1 saturated carbocycles. The molecule has 0 radical (unpaired) electrons. The van der Waals surface area contributed by atoms with Gasteiger partial charge in [0.25, 0.3) is 5.91 Å². The standard InChI is InChI=1S/C24H35N3O5/c1-18(15-25)12-22-24(31-17-30-3,23(28)27(22)16-29-2)14-19-13-21(10-11-26-19)32-20-8-6-4-5-7-9-20/h10-11,13,18,20,22H,4-9,12,14,16-17H2,1-3H3. The van der Waals surface area contributed by atoms with E-state index in [-0.39, 0.29) is 43.9 Å². The fraction of sp³-hybridized carbons (Fsp3) is 0.708. The number of carbonyl (C=O) groups excluding carboxylic acids is 1. The number of aromatic nitrogens is 1. The molecule has 1 aliphatic heterocycles. The summed E-state index contributed by atoms with van der Waals surface area (Å²) < 4.78 is 22.6. The number of pyridine rings is 1. The van der Waals surface area contributed by atoms with Crippen LogP contribution in [-0.4, -0.2) is 61.3 Å². The van der Waals surface area contributed by atoms with Crippen molar-refractivity contribution in [3.8, 4) is 11.8 Å². The predicted octanol–water partition coefficient (Wildman–Crippen LogP) is 3.45. The number of amides is 1. The van der Waals surface area contributed by atoms with E-state index in [1.54, 1.807) is 18.2 Å². The van der Waals surface area contributed by atoms with Crippen molar-refractivity contribution in [1.82, 2.24) is 9.88 Å². The first-order valence-electron chi connectivity index (χ1n) is 11.5. The Morgan fingerprint density at radius 1 is 1.25 bits per heavy atom. The number of rotatable bonds is 11. The number of likely N-dealkylation sites (tertiary alicyclic amines) is 1. The van der Waals surface area contributed by atoms with E-state index in [4.69, 9.17) is 18.9 Å². The molecule has 176 valence electrons. The molecule has 1 saturated heterocycles. The number of methoxy groups -OCH3 is 2. The average Bonchev–Trinajstić information content (AvgIpc) is 3.07. The number of hydrogen-bond acceptors (Lipinski definition) is 7. The lowest BCUT2D eigenvalue weighted by Crippen LogP contribution is -2.76. The molecule has 0 aromatic carbocycles. The van der Waals surface area contributed by atoms with E-state index >= 15 is 0 Å². The summed E-state index contributed by atoms with van der Waals surface area (Å²) >= 11 is 0. The zero-order valence-corrected chi connectivity index (χ0v) is 19.4. The molecule has 2 fully saturated rings. The van der Waals surface area contributed by atoms with Crippen molar-refractivity contribution in [2.24, 2.45) is 5.92 Å². The Morgan fingerprint density at radius 3 is 2.66 bits per heavy atom. The molecular formula is C24H35N3O5. The van der Waals surface area contributed by atoms with E-state index in [0.29, 0.717) is 12.1 Å². The molecule has 0 bridgehead atoms. The van der Waals surface area contributed by atoms with E-state index < -0.39 is 5.60 Å². The summed E-state index contributed by atoms with van der Waals surface area (Å²) in [5.74, 6) is 0.352. The van der Waals surface area contributed by atoms with Crippen LogP contribution in [0.4, 0.5) is 0 Å². The monoisotopic (exact) mass is 445 g/mol. The van der Waals surface area contributed by atoms with Crippen molar-refractivity contribution in [2.75, 3.05) is 27.7 Å². The molecule has 1 amide bonds. The highest BCUT2D eigenvalue weighted by molar-refractivity contribution is 5.93. The van der Waals surface area contributed by atoms with E-state index in [0.717, 1.165) is 18.6 Å². The molecule has 0 spiro atoms. The highest BCUT2D eigenvalue weighted by Gasteiger charge is 2.62. The van der Waals surface area contributed by atoms with Gasteiger partial charge in [-0.15, -0.1) is 0 Å². The second kappa shape index (κ2) is 11.6. The molecule has 3 unspecified atom stereocenters. The number of nitrogens with zero attached hydrogens (tertiary/aromatic N) is 3. The third-order valence-electron chi connectivity index (χ3n) is 6.37. The smallest absolute Gasteiger partial charge is 0.259 e. The summed E-state index contributed by atoms with van der Waals surface area (Å²) in [6, 6.07) is 5.72. The molecule has 2 aliphatic rings. The maximum absolute atomic E-state index is 13.2. The largest absolute Gasteiger partial charge is 0.490 e. The van der Waals surface area contributed by atoms with Gasteiger partial charge in [-0.3, -0.25) is 9.78 Å². The van der Waals surface area contributed by atoms with Crippen LogP contribution in [0.1, 0.15) is 57.6 Å². The van der Waals surface area contributed by atoms with Crippen molar-refractivity contribution in [1.29, 1.82) is 5.26 Å². The molecule has 2 heterocycles. The number of nitriles is 1. The molecule has 1 aromatic rings. The van der Waals surface area contributed by atoms with Crippen LogP contribution in [0.5, 0.6) is 5.75 Å². The molecule has 8 nitrogen and oxygen atoms in total. The van der Waals surface area contributed by atoms with Crippen LogP contribution in [0.25, 0.3) is 0 Å². The topological polar surface area (TPSA) is 93.9 Å². The summed E-state index contributed by atoms with van der Waals surface area (Å²) in [6.45, 7) is 1.97. The minimum atomic E-state index is -1.15. The molecule has 8 heteroatoms. The van der Waals surface area contributed by atoms with Gasteiger partial charge in [0, 0.05) is 44.5 Å². The summed E-state index contributed by atoms with van der Waals surface area (Å²) in [5, 5.41) is 9.35. The molecule has 3 rings (SSSR count). The maximum Gasteiger partial charge on any atom is 0.259 e. The molecule has 3 atom stereocenters. The van der Waals surface area contributed by atoms with E-state index in [1.165, 1.54) is 32.8 Å². The van der Waals surface area contributed by atoms with E-state index in [2.05, 4.69) is 11.1 Å². The molecular weight excluding hydrogens is 410 g/mol. The third-order valence-corrected chi connectivity index (χ3v) is 6.37. The number of ether oxygens (including phenoxy) is 4. The van der Waals surface area contributed by atoms with Crippen LogP contribution in [0.15, 0.2) is 18.3 Å². The second-order valence-electron chi connectivity index (χ2n) is 8.81. The molecule has 0 N–H and O–H groups in total. The lowest BCUT2D eigenvalue weighted by Gasteiger charge is -2.55. The Morgan fingerprint density at radius 2 is 2.00 bits per heavy atom. The molecule has 1 aliphatic carbocycles. The fourth-order valence-corrected chi connectivity index (χ4v) is 4.72. The van der Waals surface area contributed by atoms with E-state index in [1.807, 2.05) is 19.1 Å². The van der Waals surface area contributed by atoms with Gasteiger partial charge >= 0.3 is 0 Å². The molecule has 32 heavy (non-hydrogen) atoms. The maximum atomic E-state index is 13.2. The van der Waals surface area contributed by atoms with Crippen LogP contribution in [-0.2, 0) is 25.4 Å². The van der Waals surface area contributed by atoms with Gasteiger partial charge in [0.2, 0.25) is 0 Å². The van der Waals surface area contributed by atoms with Gasteiger partial charge in [-0.2, -0.15) is 5.26 Å².